The van der Waals surface area contributed by atoms with Crippen LogP contribution in [-0.2, 0) is 22.7 Å². The minimum Gasteiger partial charge on any atom is -0.489 e. The van der Waals surface area contributed by atoms with Crippen molar-refractivity contribution in [1.82, 2.24) is 4.98 Å². The number of thiazole rings is 1. The van der Waals surface area contributed by atoms with Gasteiger partial charge in [-0.25, -0.2) is 4.98 Å². The van der Waals surface area contributed by atoms with E-state index in [1.165, 1.54) is 7.11 Å². The largest absolute Gasteiger partial charge is 0.489 e. The lowest BCUT2D eigenvalue weighted by Gasteiger charge is -2.09. The normalized spacial score (nSPS) is 11.5. The molecule has 0 unspecified atom stereocenters. The zero-order chi connectivity index (χ0) is 22.3. The molecule has 0 aliphatic carbocycles. The van der Waals surface area contributed by atoms with Crippen molar-refractivity contribution < 1.29 is 19.5 Å². The summed E-state index contributed by atoms with van der Waals surface area (Å²) >= 11 is 1.57. The summed E-state index contributed by atoms with van der Waals surface area (Å²) in [6.07, 6.45) is 0.623. The van der Waals surface area contributed by atoms with Gasteiger partial charge in [-0.05, 0) is 47.9 Å². The van der Waals surface area contributed by atoms with Crippen molar-refractivity contribution >= 4 is 33.2 Å². The van der Waals surface area contributed by atoms with E-state index in [1.807, 2.05) is 72.8 Å². The molecule has 0 spiro atoms. The van der Waals surface area contributed by atoms with Crippen LogP contribution in [0.4, 0.5) is 0 Å². The molecule has 1 heterocycles. The van der Waals surface area contributed by atoms with Crippen molar-refractivity contribution in [2.24, 2.45) is 5.16 Å². The minimum absolute atomic E-state index is 0.118. The predicted octanol–water partition coefficient (Wildman–Crippen LogP) is 5.29. The molecule has 0 saturated carbocycles. The first-order valence-electron chi connectivity index (χ1n) is 10.1. The van der Waals surface area contributed by atoms with Gasteiger partial charge in [0.1, 0.15) is 30.2 Å². The fourth-order valence-electron chi connectivity index (χ4n) is 3.26. The number of aliphatic carboxylic acids is 1. The number of hydrogen-bond acceptors (Lipinski definition) is 6. The zero-order valence-electron chi connectivity index (χ0n) is 17.5. The fourth-order valence-corrected chi connectivity index (χ4v) is 4.23. The number of carboxylic acids is 1. The van der Waals surface area contributed by atoms with E-state index >= 15 is 0 Å². The van der Waals surface area contributed by atoms with Gasteiger partial charge in [0.2, 0.25) is 0 Å². The molecule has 0 fully saturated rings. The molecule has 0 saturated heterocycles. The van der Waals surface area contributed by atoms with Crippen LogP contribution in [0.5, 0.6) is 5.75 Å². The number of rotatable bonds is 9. The van der Waals surface area contributed by atoms with Crippen molar-refractivity contribution in [3.63, 3.8) is 0 Å². The van der Waals surface area contributed by atoms with Gasteiger partial charge in [0.25, 0.3) is 0 Å². The first-order chi connectivity index (χ1) is 15.6. The van der Waals surface area contributed by atoms with Crippen LogP contribution < -0.4 is 4.74 Å². The Morgan fingerprint density at radius 2 is 1.84 bits per heavy atom. The van der Waals surface area contributed by atoms with Crippen molar-refractivity contribution in [3.05, 3.63) is 94.5 Å². The molecule has 0 radical (unpaired) electrons. The number of nitrogens with zero attached hydrogens (tertiary/aromatic N) is 2. The van der Waals surface area contributed by atoms with Crippen molar-refractivity contribution in [3.8, 4) is 5.75 Å². The Hall–Kier alpha value is -3.71. The maximum Gasteiger partial charge on any atom is 0.303 e. The number of benzene rings is 3. The van der Waals surface area contributed by atoms with E-state index in [4.69, 9.17) is 19.7 Å². The summed E-state index contributed by atoms with van der Waals surface area (Å²) in [6, 6.07) is 23.4. The Bertz CT molecular complexity index is 1220. The molecule has 0 aliphatic rings. The lowest BCUT2D eigenvalue weighted by Crippen LogP contribution is -2.05. The van der Waals surface area contributed by atoms with Crippen molar-refractivity contribution in [2.75, 3.05) is 7.11 Å². The summed E-state index contributed by atoms with van der Waals surface area (Å²) in [5, 5.41) is 13.8. The number of oxime groups is 1. The first-order valence-corrected chi connectivity index (χ1v) is 10.9. The Morgan fingerprint density at radius 3 is 2.59 bits per heavy atom. The maximum absolute atomic E-state index is 10.7. The van der Waals surface area contributed by atoms with Crippen molar-refractivity contribution in [1.29, 1.82) is 0 Å². The van der Waals surface area contributed by atoms with Crippen LogP contribution in [0.2, 0.25) is 0 Å². The van der Waals surface area contributed by atoms with Crippen LogP contribution in [0.25, 0.3) is 10.2 Å². The van der Waals surface area contributed by atoms with Crippen LogP contribution in [0.1, 0.15) is 28.1 Å². The highest BCUT2D eigenvalue weighted by molar-refractivity contribution is 7.20. The molecule has 0 bridgehead atoms. The molecule has 0 amide bonds. The van der Waals surface area contributed by atoms with E-state index in [0.717, 1.165) is 37.7 Å². The highest BCUT2D eigenvalue weighted by Crippen LogP contribution is 2.25. The van der Waals surface area contributed by atoms with Gasteiger partial charge in [0, 0.05) is 12.0 Å². The molecule has 4 rings (SSSR count). The molecule has 32 heavy (non-hydrogen) atoms. The number of para-hydroxylation sites is 1. The number of fused-ring (bicyclic) bond motifs is 1. The summed E-state index contributed by atoms with van der Waals surface area (Å²) < 4.78 is 7.02. The van der Waals surface area contributed by atoms with Crippen LogP contribution in [0.3, 0.4) is 0 Å². The molecular weight excluding hydrogens is 424 g/mol. The van der Waals surface area contributed by atoms with Gasteiger partial charge in [-0.2, -0.15) is 0 Å². The number of aryl methyl sites for hydroxylation is 1. The lowest BCUT2D eigenvalue weighted by atomic mass is 10.1. The van der Waals surface area contributed by atoms with E-state index in [-0.39, 0.29) is 6.42 Å². The average Bonchev–Trinajstić information content (AvgIpc) is 3.24. The third-order valence-electron chi connectivity index (χ3n) is 4.84. The molecular formula is C25H22N2O4S. The summed E-state index contributed by atoms with van der Waals surface area (Å²) in [4.78, 5) is 20.5. The van der Waals surface area contributed by atoms with Gasteiger partial charge in [0.15, 0.2) is 0 Å². The second-order valence-electron chi connectivity index (χ2n) is 7.14. The Kier molecular flexibility index (Phi) is 6.77. The minimum atomic E-state index is -0.799. The van der Waals surface area contributed by atoms with Crippen LogP contribution in [-0.4, -0.2) is 28.9 Å². The second-order valence-corrected chi connectivity index (χ2v) is 8.17. The topological polar surface area (TPSA) is 81.0 Å². The molecule has 3 aromatic carbocycles. The quantitative estimate of drug-likeness (QED) is 0.279. The molecule has 1 aromatic heterocycles. The molecule has 162 valence electrons. The monoisotopic (exact) mass is 446 g/mol. The second kappa shape index (κ2) is 10.1. The standard InChI is InChI=1S/C25H22N2O4S/c1-30-27-24(25-26-21-7-2-3-8-22(21)32-25)19-6-4-5-18(15-19)16-31-20-12-9-17(10-13-20)11-14-23(28)29/h2-10,12-13,15H,11,14,16H2,1H3,(H,28,29). The number of carboxylic acid groups (broad SMARTS) is 1. The van der Waals surface area contributed by atoms with E-state index in [2.05, 4.69) is 5.16 Å². The fraction of sp³-hybridized carbons (Fsp3) is 0.160. The Labute approximate surface area is 189 Å². The van der Waals surface area contributed by atoms with Gasteiger partial charge in [-0.1, -0.05) is 47.6 Å². The first kappa shape index (κ1) is 21.5. The third kappa shape index (κ3) is 5.31. The molecule has 0 atom stereocenters. The van der Waals surface area contributed by atoms with Gasteiger partial charge in [-0.3, -0.25) is 4.79 Å². The van der Waals surface area contributed by atoms with Gasteiger partial charge >= 0.3 is 5.97 Å². The highest BCUT2D eigenvalue weighted by Gasteiger charge is 2.14. The van der Waals surface area contributed by atoms with Crippen LogP contribution in [0.15, 0.2) is 78.0 Å². The molecule has 6 nitrogen and oxygen atoms in total. The summed E-state index contributed by atoms with van der Waals surface area (Å²) in [5.74, 6) is -0.0705. The number of aromatic nitrogens is 1. The zero-order valence-corrected chi connectivity index (χ0v) is 18.3. The smallest absolute Gasteiger partial charge is 0.303 e. The molecule has 7 heteroatoms. The molecule has 0 aliphatic heterocycles. The van der Waals surface area contributed by atoms with Crippen molar-refractivity contribution in [2.45, 2.75) is 19.4 Å². The maximum atomic E-state index is 10.7. The summed E-state index contributed by atoms with van der Waals surface area (Å²) in [6.45, 7) is 0.391. The summed E-state index contributed by atoms with van der Waals surface area (Å²) in [7, 11) is 1.53. The van der Waals surface area contributed by atoms with Crippen LogP contribution >= 0.6 is 11.3 Å². The third-order valence-corrected chi connectivity index (χ3v) is 5.88. The van der Waals surface area contributed by atoms with Gasteiger partial charge in [0.05, 0.1) is 10.2 Å². The number of carbonyl (C=O) groups is 1. The lowest BCUT2D eigenvalue weighted by molar-refractivity contribution is -0.136. The van der Waals surface area contributed by atoms with E-state index < -0.39 is 5.97 Å². The van der Waals surface area contributed by atoms with E-state index in [1.54, 1.807) is 11.3 Å². The average molecular weight is 447 g/mol. The summed E-state index contributed by atoms with van der Waals surface area (Å²) in [5.41, 5.74) is 4.47. The predicted molar refractivity (Wildman–Crippen MR) is 125 cm³/mol. The number of hydrogen-bond donors (Lipinski definition) is 1. The van der Waals surface area contributed by atoms with Gasteiger partial charge in [-0.15, -0.1) is 11.3 Å². The SMILES string of the molecule is CON=C(c1cccc(COc2ccc(CCC(=O)O)cc2)c1)c1nc2ccccc2s1. The van der Waals surface area contributed by atoms with Crippen LogP contribution in [0, 0.1) is 0 Å². The van der Waals surface area contributed by atoms with E-state index in [9.17, 15) is 4.79 Å². The molecule has 4 aromatic rings. The molecule has 1 N–H and O–H groups in total. The van der Waals surface area contributed by atoms with E-state index in [0.29, 0.717) is 18.7 Å². The number of ether oxygens (including phenoxy) is 1. The highest BCUT2D eigenvalue weighted by atomic mass is 32.1. The Morgan fingerprint density at radius 1 is 1.03 bits per heavy atom. The Balaban J connectivity index is 1.48. The van der Waals surface area contributed by atoms with Gasteiger partial charge < -0.3 is 14.7 Å².